The molecule has 1 amide bonds. The van der Waals surface area contributed by atoms with Crippen LogP contribution in [0.15, 0.2) is 35.3 Å². The van der Waals surface area contributed by atoms with Gasteiger partial charge in [-0.15, -0.1) is 0 Å². The molecule has 2 aromatic rings. The summed E-state index contributed by atoms with van der Waals surface area (Å²) in [6, 6.07) is 7.77. The van der Waals surface area contributed by atoms with Crippen molar-refractivity contribution in [2.45, 2.75) is 44.2 Å². The van der Waals surface area contributed by atoms with E-state index in [1.165, 1.54) is 0 Å². The zero-order valence-electron chi connectivity index (χ0n) is 19.2. The van der Waals surface area contributed by atoms with Gasteiger partial charge in [-0.2, -0.15) is 0 Å². The molecule has 0 bridgehead atoms. The second kappa shape index (κ2) is 10.6. The average Bonchev–Trinajstić information content (AvgIpc) is 3.65. The van der Waals surface area contributed by atoms with Crippen LogP contribution in [0.1, 0.15) is 41.9 Å². The summed E-state index contributed by atoms with van der Waals surface area (Å²) in [6.45, 7) is 2.46. The molecule has 2 aliphatic rings. The van der Waals surface area contributed by atoms with E-state index in [1.54, 1.807) is 31.0 Å². The maximum Gasteiger partial charge on any atom is 0.250 e. The van der Waals surface area contributed by atoms with Crippen molar-refractivity contribution in [2.75, 3.05) is 26.8 Å². The lowest BCUT2D eigenvalue weighted by Crippen LogP contribution is -2.47. The summed E-state index contributed by atoms with van der Waals surface area (Å²) < 4.78 is 6.76. The Hall–Kier alpha value is -1.86. The number of halogens is 2. The lowest BCUT2D eigenvalue weighted by molar-refractivity contribution is -0.138. The van der Waals surface area contributed by atoms with Gasteiger partial charge in [0, 0.05) is 45.6 Å². The summed E-state index contributed by atoms with van der Waals surface area (Å²) in [4.78, 5) is 28.1. The molecule has 4 rings (SSSR count). The van der Waals surface area contributed by atoms with Crippen LogP contribution in [-0.2, 0) is 29.5 Å². The molecule has 1 aliphatic heterocycles. The lowest BCUT2D eigenvalue weighted by atomic mass is 9.80. The standard InChI is InChI=1S/C25H31Cl2N3O3/c1-29-9-6-17(13-23(29)31)20-5-8-28-14-21(20)25(32)30(19-3-4-19)15-18-11-16(7-10-33-2)12-22(26)24(18)27/h6,9,11-13,19-21,28H,3-5,7-8,10,14-15H2,1-2H3/t20-,21+/m1/s1. The zero-order chi connectivity index (χ0) is 23.5. The van der Waals surface area contributed by atoms with Crippen LogP contribution in [0, 0.1) is 5.92 Å². The number of carbonyl (C=O) groups is 1. The van der Waals surface area contributed by atoms with Crippen LogP contribution in [0.4, 0.5) is 0 Å². The predicted molar refractivity (Wildman–Crippen MR) is 131 cm³/mol. The zero-order valence-corrected chi connectivity index (χ0v) is 20.7. The fraction of sp³-hybridized carbons (Fsp3) is 0.520. The molecule has 6 nitrogen and oxygen atoms in total. The number of piperidine rings is 1. The Kier molecular flexibility index (Phi) is 7.80. The summed E-state index contributed by atoms with van der Waals surface area (Å²) in [5.41, 5.74) is 2.80. The third-order valence-electron chi connectivity index (χ3n) is 6.73. The van der Waals surface area contributed by atoms with Gasteiger partial charge in [0.25, 0.3) is 5.56 Å². The normalized spacial score (nSPS) is 20.6. The highest BCUT2D eigenvalue weighted by Gasteiger charge is 2.40. The van der Waals surface area contributed by atoms with Gasteiger partial charge < -0.3 is 19.5 Å². The SMILES string of the molecule is COCCc1cc(Cl)c(Cl)c(CN(C(=O)[C@H]2CNCC[C@@H]2c2ccn(C)c(=O)c2)C2CC2)c1. The Morgan fingerprint density at radius 1 is 1.24 bits per heavy atom. The first-order chi connectivity index (χ1) is 15.9. The molecule has 2 atom stereocenters. The number of hydrogen-bond acceptors (Lipinski definition) is 4. The highest BCUT2D eigenvalue weighted by atomic mass is 35.5. The predicted octanol–water partition coefficient (Wildman–Crippen LogP) is 3.77. The van der Waals surface area contributed by atoms with Crippen LogP contribution >= 0.6 is 23.2 Å². The molecule has 33 heavy (non-hydrogen) atoms. The van der Waals surface area contributed by atoms with Gasteiger partial charge in [-0.25, -0.2) is 0 Å². The second-order valence-electron chi connectivity index (χ2n) is 9.11. The molecule has 1 saturated carbocycles. The van der Waals surface area contributed by atoms with Gasteiger partial charge in [0.1, 0.15) is 0 Å². The summed E-state index contributed by atoms with van der Waals surface area (Å²) in [5.74, 6) is -0.0942. The molecule has 8 heteroatoms. The number of methoxy groups -OCH3 is 1. The molecular weight excluding hydrogens is 461 g/mol. The molecule has 1 aliphatic carbocycles. The van der Waals surface area contributed by atoms with Crippen molar-refractivity contribution in [3.05, 3.63) is 67.6 Å². The minimum atomic E-state index is -0.225. The number of hydrogen-bond donors (Lipinski definition) is 1. The number of aromatic nitrogens is 1. The first-order valence-corrected chi connectivity index (χ1v) is 12.3. The maximum absolute atomic E-state index is 13.9. The molecule has 0 unspecified atom stereocenters. The van der Waals surface area contributed by atoms with Gasteiger partial charge in [-0.1, -0.05) is 29.3 Å². The highest BCUT2D eigenvalue weighted by molar-refractivity contribution is 6.42. The van der Waals surface area contributed by atoms with E-state index in [4.69, 9.17) is 27.9 Å². The quantitative estimate of drug-likeness (QED) is 0.610. The van der Waals surface area contributed by atoms with E-state index in [0.717, 1.165) is 48.9 Å². The number of nitrogens with one attached hydrogen (secondary N) is 1. The lowest BCUT2D eigenvalue weighted by Gasteiger charge is -2.36. The molecule has 2 heterocycles. The van der Waals surface area contributed by atoms with Crippen molar-refractivity contribution in [1.29, 1.82) is 0 Å². The summed E-state index contributed by atoms with van der Waals surface area (Å²) in [5, 5.41) is 4.38. The van der Waals surface area contributed by atoms with Gasteiger partial charge in [0.2, 0.25) is 5.91 Å². The van der Waals surface area contributed by atoms with Crippen molar-refractivity contribution in [1.82, 2.24) is 14.8 Å². The molecule has 1 aromatic heterocycles. The molecule has 1 aromatic carbocycles. The van der Waals surface area contributed by atoms with Gasteiger partial charge in [-0.05, 0) is 67.0 Å². The van der Waals surface area contributed by atoms with Crippen molar-refractivity contribution in [3.8, 4) is 0 Å². The van der Waals surface area contributed by atoms with Crippen molar-refractivity contribution in [2.24, 2.45) is 13.0 Å². The topological polar surface area (TPSA) is 63.6 Å². The Bertz CT molecular complexity index is 1070. The van der Waals surface area contributed by atoms with Crippen LogP contribution in [-0.4, -0.2) is 48.2 Å². The molecule has 0 spiro atoms. The van der Waals surface area contributed by atoms with Gasteiger partial charge in [0.05, 0.1) is 22.6 Å². The molecular formula is C25H31Cl2N3O3. The smallest absolute Gasteiger partial charge is 0.250 e. The van der Waals surface area contributed by atoms with Crippen LogP contribution in [0.25, 0.3) is 0 Å². The number of ether oxygens (including phenoxy) is 1. The largest absolute Gasteiger partial charge is 0.384 e. The number of aryl methyl sites for hydroxylation is 1. The Labute approximate surface area is 204 Å². The minimum Gasteiger partial charge on any atom is -0.384 e. The Morgan fingerprint density at radius 3 is 2.73 bits per heavy atom. The van der Waals surface area contributed by atoms with Crippen LogP contribution in [0.5, 0.6) is 0 Å². The van der Waals surface area contributed by atoms with E-state index in [2.05, 4.69) is 5.32 Å². The summed E-state index contributed by atoms with van der Waals surface area (Å²) in [7, 11) is 3.41. The fourth-order valence-electron chi connectivity index (χ4n) is 4.67. The van der Waals surface area contributed by atoms with Gasteiger partial charge in [0.15, 0.2) is 0 Å². The van der Waals surface area contributed by atoms with Gasteiger partial charge >= 0.3 is 0 Å². The van der Waals surface area contributed by atoms with Crippen molar-refractivity contribution in [3.63, 3.8) is 0 Å². The fourth-order valence-corrected chi connectivity index (χ4v) is 5.10. The minimum absolute atomic E-state index is 0.0148. The van der Waals surface area contributed by atoms with Crippen molar-refractivity contribution >= 4 is 29.1 Å². The van der Waals surface area contributed by atoms with Crippen molar-refractivity contribution < 1.29 is 9.53 Å². The highest BCUT2D eigenvalue weighted by Crippen LogP contribution is 2.37. The number of amides is 1. The van der Waals surface area contributed by atoms with E-state index >= 15 is 0 Å². The Morgan fingerprint density at radius 2 is 2.03 bits per heavy atom. The summed E-state index contributed by atoms with van der Waals surface area (Å²) >= 11 is 13.0. The monoisotopic (exact) mass is 491 g/mol. The molecule has 1 saturated heterocycles. The number of nitrogens with zero attached hydrogens (tertiary/aromatic N) is 2. The first-order valence-electron chi connectivity index (χ1n) is 11.5. The maximum atomic E-state index is 13.9. The van der Waals surface area contributed by atoms with Crippen LogP contribution < -0.4 is 10.9 Å². The number of rotatable bonds is 8. The summed E-state index contributed by atoms with van der Waals surface area (Å²) in [6.07, 6.45) is 5.33. The van der Waals surface area contributed by atoms with E-state index in [0.29, 0.717) is 29.7 Å². The second-order valence-corrected chi connectivity index (χ2v) is 9.89. The average molecular weight is 492 g/mol. The number of pyridine rings is 1. The molecule has 0 radical (unpaired) electrons. The van der Waals surface area contributed by atoms with E-state index in [-0.39, 0.29) is 29.3 Å². The number of benzene rings is 1. The molecule has 1 N–H and O–H groups in total. The van der Waals surface area contributed by atoms with E-state index in [1.807, 2.05) is 23.1 Å². The molecule has 2 fully saturated rings. The van der Waals surface area contributed by atoms with E-state index in [9.17, 15) is 9.59 Å². The number of carbonyl (C=O) groups excluding carboxylic acids is 1. The van der Waals surface area contributed by atoms with Crippen LogP contribution in [0.2, 0.25) is 10.0 Å². The molecule has 178 valence electrons. The van der Waals surface area contributed by atoms with Gasteiger partial charge in [-0.3, -0.25) is 9.59 Å². The van der Waals surface area contributed by atoms with Crippen LogP contribution in [0.3, 0.4) is 0 Å². The van der Waals surface area contributed by atoms with E-state index < -0.39 is 0 Å². The first kappa shape index (κ1) is 24.3. The Balaban J connectivity index is 1.60. The third-order valence-corrected chi connectivity index (χ3v) is 7.57. The third kappa shape index (κ3) is 5.62.